The van der Waals surface area contributed by atoms with E-state index < -0.39 is 0 Å². The van der Waals surface area contributed by atoms with Crippen LogP contribution < -0.4 is 0 Å². The summed E-state index contributed by atoms with van der Waals surface area (Å²) in [6, 6.07) is 0.704. The van der Waals surface area contributed by atoms with Crippen LogP contribution >= 0.6 is 0 Å². The molecule has 16 heavy (non-hydrogen) atoms. The molecule has 0 aromatic rings. The molecule has 0 aromatic heterocycles. The Hall–Kier alpha value is -0.0800. The molecule has 0 amide bonds. The van der Waals surface area contributed by atoms with Crippen molar-refractivity contribution >= 4 is 0 Å². The molecule has 96 valence electrons. The van der Waals surface area contributed by atoms with Crippen molar-refractivity contribution in [2.24, 2.45) is 11.8 Å². The lowest BCUT2D eigenvalue weighted by molar-refractivity contribution is 0.0519. The molecule has 2 heteroatoms. The molecule has 0 aliphatic heterocycles. The second-order valence-electron chi connectivity index (χ2n) is 5.81. The third-order valence-electron chi connectivity index (χ3n) is 4.38. The molecule has 2 nitrogen and oxygen atoms in total. The molecular weight excluding hydrogens is 198 g/mol. The van der Waals surface area contributed by atoms with Gasteiger partial charge >= 0.3 is 0 Å². The minimum absolute atomic E-state index is 0.158. The quantitative estimate of drug-likeness (QED) is 0.780. The summed E-state index contributed by atoms with van der Waals surface area (Å²) < 4.78 is 0. The van der Waals surface area contributed by atoms with Crippen LogP contribution in [0.1, 0.15) is 52.9 Å². The predicted octanol–water partition coefficient (Wildman–Crippen LogP) is 2.90. The number of likely N-dealkylation sites (N-methyl/N-ethyl adjacent to an activating group) is 1. The lowest BCUT2D eigenvalue weighted by atomic mass is 9.86. The number of hydrogen-bond acceptors (Lipinski definition) is 2. The van der Waals surface area contributed by atoms with Gasteiger partial charge in [0.15, 0.2) is 0 Å². The van der Waals surface area contributed by atoms with Gasteiger partial charge in [-0.3, -0.25) is 0 Å². The number of aliphatic hydroxyl groups is 1. The summed E-state index contributed by atoms with van der Waals surface area (Å²) in [5.41, 5.74) is 0. The van der Waals surface area contributed by atoms with Crippen LogP contribution in [-0.4, -0.2) is 35.7 Å². The minimum Gasteiger partial charge on any atom is -0.392 e. The van der Waals surface area contributed by atoms with Crippen LogP contribution in [0.5, 0.6) is 0 Å². The van der Waals surface area contributed by atoms with E-state index in [1.165, 1.54) is 25.7 Å². The third-order valence-corrected chi connectivity index (χ3v) is 4.38. The number of aliphatic hydroxyl groups excluding tert-OH is 1. The van der Waals surface area contributed by atoms with Crippen LogP contribution in [0.25, 0.3) is 0 Å². The van der Waals surface area contributed by atoms with Gasteiger partial charge in [0.1, 0.15) is 0 Å². The first kappa shape index (κ1) is 14.0. The Balaban J connectivity index is 2.31. The van der Waals surface area contributed by atoms with Gasteiger partial charge in [0.2, 0.25) is 0 Å². The molecule has 1 aliphatic carbocycles. The van der Waals surface area contributed by atoms with E-state index in [1.54, 1.807) is 0 Å². The summed E-state index contributed by atoms with van der Waals surface area (Å²) in [5, 5.41) is 10.0. The summed E-state index contributed by atoms with van der Waals surface area (Å²) in [6.45, 7) is 7.48. The van der Waals surface area contributed by atoms with Gasteiger partial charge in [-0.1, -0.05) is 27.2 Å². The Bertz CT molecular complexity index is 187. The van der Waals surface area contributed by atoms with E-state index in [2.05, 4.69) is 32.7 Å². The minimum atomic E-state index is -0.158. The smallest absolute Gasteiger partial charge is 0.0692 e. The van der Waals surface area contributed by atoms with Crippen molar-refractivity contribution in [3.8, 4) is 0 Å². The van der Waals surface area contributed by atoms with Crippen LogP contribution in [0.2, 0.25) is 0 Å². The first-order valence-corrected chi connectivity index (χ1v) is 6.92. The van der Waals surface area contributed by atoms with Gasteiger partial charge in [-0.05, 0) is 44.6 Å². The van der Waals surface area contributed by atoms with E-state index >= 15 is 0 Å². The Labute approximate surface area is 101 Å². The van der Waals surface area contributed by atoms with Crippen LogP contribution in [0.3, 0.4) is 0 Å². The average Bonchev–Trinajstić information content (AvgIpc) is 2.28. The number of hydrogen-bond donors (Lipinski definition) is 1. The Morgan fingerprint density at radius 2 is 1.81 bits per heavy atom. The standard InChI is InChI=1S/C14H29NO/c1-5-12(3)14(16)10-15(4)13-8-6-11(2)7-9-13/h11-14,16H,5-10H2,1-4H3. The van der Waals surface area contributed by atoms with Crippen molar-refractivity contribution in [3.05, 3.63) is 0 Å². The summed E-state index contributed by atoms with van der Waals surface area (Å²) in [5.74, 6) is 1.33. The molecule has 1 rings (SSSR count). The van der Waals surface area contributed by atoms with Gasteiger partial charge in [-0.15, -0.1) is 0 Å². The van der Waals surface area contributed by atoms with Gasteiger partial charge in [0.25, 0.3) is 0 Å². The first-order chi connectivity index (χ1) is 7.54. The SMILES string of the molecule is CCC(C)C(O)CN(C)C1CCC(C)CC1. The van der Waals surface area contributed by atoms with Crippen molar-refractivity contribution < 1.29 is 5.11 Å². The van der Waals surface area contributed by atoms with Gasteiger partial charge in [0.05, 0.1) is 6.10 Å². The van der Waals surface area contributed by atoms with Crippen molar-refractivity contribution in [3.63, 3.8) is 0 Å². The monoisotopic (exact) mass is 227 g/mol. The molecule has 0 radical (unpaired) electrons. The fraction of sp³-hybridized carbons (Fsp3) is 1.00. The van der Waals surface area contributed by atoms with E-state index in [0.717, 1.165) is 18.9 Å². The lowest BCUT2D eigenvalue weighted by Crippen LogP contribution is -2.41. The molecule has 1 aliphatic rings. The van der Waals surface area contributed by atoms with E-state index in [9.17, 15) is 5.11 Å². The molecule has 2 atom stereocenters. The molecule has 0 heterocycles. The zero-order valence-corrected chi connectivity index (χ0v) is 11.4. The maximum Gasteiger partial charge on any atom is 0.0692 e. The second kappa shape index (κ2) is 6.61. The third kappa shape index (κ3) is 4.06. The van der Waals surface area contributed by atoms with Gasteiger partial charge in [0, 0.05) is 12.6 Å². The fourth-order valence-electron chi connectivity index (χ4n) is 2.58. The van der Waals surface area contributed by atoms with Crippen LogP contribution in [-0.2, 0) is 0 Å². The van der Waals surface area contributed by atoms with Crippen LogP contribution in [0.15, 0.2) is 0 Å². The van der Waals surface area contributed by atoms with E-state index in [-0.39, 0.29) is 6.10 Å². The highest BCUT2D eigenvalue weighted by atomic mass is 16.3. The highest BCUT2D eigenvalue weighted by molar-refractivity contribution is 4.78. The van der Waals surface area contributed by atoms with E-state index in [0.29, 0.717) is 12.0 Å². The highest BCUT2D eigenvalue weighted by Crippen LogP contribution is 2.26. The second-order valence-corrected chi connectivity index (χ2v) is 5.81. The zero-order chi connectivity index (χ0) is 12.1. The van der Waals surface area contributed by atoms with E-state index in [4.69, 9.17) is 0 Å². The van der Waals surface area contributed by atoms with Gasteiger partial charge in [-0.25, -0.2) is 0 Å². The molecule has 1 fully saturated rings. The topological polar surface area (TPSA) is 23.5 Å². The molecule has 0 spiro atoms. The fourth-order valence-corrected chi connectivity index (χ4v) is 2.58. The largest absolute Gasteiger partial charge is 0.392 e. The molecule has 0 aromatic carbocycles. The molecule has 1 saturated carbocycles. The summed E-state index contributed by atoms with van der Waals surface area (Å²) in [7, 11) is 2.17. The van der Waals surface area contributed by atoms with Crippen LogP contribution in [0.4, 0.5) is 0 Å². The molecule has 1 N–H and O–H groups in total. The summed E-state index contributed by atoms with van der Waals surface area (Å²) >= 11 is 0. The predicted molar refractivity (Wildman–Crippen MR) is 69.5 cm³/mol. The number of rotatable bonds is 5. The Morgan fingerprint density at radius 1 is 1.25 bits per heavy atom. The number of nitrogens with zero attached hydrogens (tertiary/aromatic N) is 1. The maximum atomic E-state index is 10.0. The average molecular weight is 227 g/mol. The summed E-state index contributed by atoms with van der Waals surface area (Å²) in [4.78, 5) is 2.38. The lowest BCUT2D eigenvalue weighted by Gasteiger charge is -2.35. The maximum absolute atomic E-state index is 10.0. The molecule has 2 unspecified atom stereocenters. The van der Waals surface area contributed by atoms with Crippen LogP contribution in [0, 0.1) is 11.8 Å². The zero-order valence-electron chi connectivity index (χ0n) is 11.4. The van der Waals surface area contributed by atoms with Crippen molar-refractivity contribution in [2.45, 2.75) is 65.0 Å². The summed E-state index contributed by atoms with van der Waals surface area (Å²) in [6.07, 6.45) is 6.24. The van der Waals surface area contributed by atoms with Gasteiger partial charge in [-0.2, -0.15) is 0 Å². The molecule has 0 saturated heterocycles. The van der Waals surface area contributed by atoms with E-state index in [1.807, 2.05) is 0 Å². The van der Waals surface area contributed by atoms with Crippen molar-refractivity contribution in [1.29, 1.82) is 0 Å². The molecular formula is C14H29NO. The normalized spacial score (nSPS) is 30.4. The Kier molecular flexibility index (Phi) is 5.77. The first-order valence-electron chi connectivity index (χ1n) is 6.92. The van der Waals surface area contributed by atoms with Crippen molar-refractivity contribution in [1.82, 2.24) is 4.90 Å². The highest BCUT2D eigenvalue weighted by Gasteiger charge is 2.24. The molecule has 0 bridgehead atoms. The van der Waals surface area contributed by atoms with Crippen molar-refractivity contribution in [2.75, 3.05) is 13.6 Å². The van der Waals surface area contributed by atoms with Gasteiger partial charge < -0.3 is 10.0 Å². The Morgan fingerprint density at radius 3 is 2.31 bits per heavy atom.